The van der Waals surface area contributed by atoms with Crippen LogP contribution in [0.4, 0.5) is 10.1 Å². The van der Waals surface area contributed by atoms with Crippen molar-refractivity contribution in [3.05, 3.63) is 29.6 Å². The van der Waals surface area contributed by atoms with Crippen molar-refractivity contribution in [2.24, 2.45) is 0 Å². The standard InChI is InChI=1S/C14H17FN2O3/c1-2-20-6-5-16-14(19)11-8-13(18)17-12-7-9(15)3-4-10(11)12/h3-4,7,11H,2,5-6,8H2,1H3,(H,16,19)(H,17,18). The first-order valence-electron chi connectivity index (χ1n) is 6.56. The van der Waals surface area contributed by atoms with E-state index in [1.54, 1.807) is 0 Å². The van der Waals surface area contributed by atoms with Gasteiger partial charge in [0.05, 0.1) is 12.5 Å². The van der Waals surface area contributed by atoms with Crippen LogP contribution in [0.25, 0.3) is 0 Å². The summed E-state index contributed by atoms with van der Waals surface area (Å²) in [5.74, 6) is -1.55. The van der Waals surface area contributed by atoms with Crippen LogP contribution in [0.2, 0.25) is 0 Å². The lowest BCUT2D eigenvalue weighted by Gasteiger charge is -2.24. The average Bonchev–Trinajstić information content (AvgIpc) is 2.42. The van der Waals surface area contributed by atoms with Crippen LogP contribution in [0.15, 0.2) is 18.2 Å². The Morgan fingerprint density at radius 3 is 3.10 bits per heavy atom. The molecule has 0 bridgehead atoms. The molecule has 1 aromatic carbocycles. The zero-order chi connectivity index (χ0) is 14.5. The molecule has 1 atom stereocenters. The van der Waals surface area contributed by atoms with E-state index in [9.17, 15) is 14.0 Å². The molecule has 2 rings (SSSR count). The molecule has 2 amide bonds. The molecular weight excluding hydrogens is 263 g/mol. The number of ether oxygens (including phenoxy) is 1. The van der Waals surface area contributed by atoms with Crippen molar-refractivity contribution in [2.45, 2.75) is 19.3 Å². The quantitative estimate of drug-likeness (QED) is 0.801. The summed E-state index contributed by atoms with van der Waals surface area (Å²) in [6, 6.07) is 4.06. The minimum Gasteiger partial charge on any atom is -0.380 e. The molecule has 5 nitrogen and oxygen atoms in total. The minimum atomic E-state index is -0.582. The number of anilines is 1. The van der Waals surface area contributed by atoms with Crippen molar-refractivity contribution in [3.63, 3.8) is 0 Å². The highest BCUT2D eigenvalue weighted by Crippen LogP contribution is 2.32. The summed E-state index contributed by atoms with van der Waals surface area (Å²) < 4.78 is 18.3. The fourth-order valence-corrected chi connectivity index (χ4v) is 2.19. The van der Waals surface area contributed by atoms with Crippen LogP contribution in [-0.2, 0) is 14.3 Å². The maximum Gasteiger partial charge on any atom is 0.228 e. The van der Waals surface area contributed by atoms with Gasteiger partial charge in [0.2, 0.25) is 11.8 Å². The molecule has 0 fully saturated rings. The Balaban J connectivity index is 2.08. The summed E-state index contributed by atoms with van der Waals surface area (Å²) >= 11 is 0. The van der Waals surface area contributed by atoms with Crippen LogP contribution >= 0.6 is 0 Å². The number of fused-ring (bicyclic) bond motifs is 1. The molecule has 1 aliphatic heterocycles. The van der Waals surface area contributed by atoms with E-state index in [1.165, 1.54) is 18.2 Å². The Morgan fingerprint density at radius 1 is 1.55 bits per heavy atom. The van der Waals surface area contributed by atoms with Crippen LogP contribution in [0.5, 0.6) is 0 Å². The number of carbonyl (C=O) groups excluding carboxylic acids is 2. The minimum absolute atomic E-state index is 0.0686. The van der Waals surface area contributed by atoms with E-state index in [-0.39, 0.29) is 18.2 Å². The molecule has 1 aromatic rings. The maximum absolute atomic E-state index is 13.2. The molecule has 0 saturated heterocycles. The molecule has 1 aliphatic rings. The molecule has 0 aliphatic carbocycles. The van der Waals surface area contributed by atoms with Crippen LogP contribution in [-0.4, -0.2) is 31.6 Å². The summed E-state index contributed by atoms with van der Waals surface area (Å²) in [5, 5.41) is 5.30. The second-order valence-corrected chi connectivity index (χ2v) is 4.52. The summed E-state index contributed by atoms with van der Waals surface area (Å²) in [5.41, 5.74) is 1.01. The van der Waals surface area contributed by atoms with Gasteiger partial charge >= 0.3 is 0 Å². The van der Waals surface area contributed by atoms with Gasteiger partial charge in [0.25, 0.3) is 0 Å². The highest BCUT2D eigenvalue weighted by atomic mass is 19.1. The summed E-state index contributed by atoms with van der Waals surface area (Å²) in [7, 11) is 0. The maximum atomic E-state index is 13.2. The van der Waals surface area contributed by atoms with Gasteiger partial charge in [-0.25, -0.2) is 4.39 Å². The number of nitrogens with one attached hydrogen (secondary N) is 2. The molecule has 2 N–H and O–H groups in total. The lowest BCUT2D eigenvalue weighted by atomic mass is 9.90. The third-order valence-electron chi connectivity index (χ3n) is 3.12. The second kappa shape index (κ2) is 6.47. The smallest absolute Gasteiger partial charge is 0.228 e. The Morgan fingerprint density at radius 2 is 2.35 bits per heavy atom. The van der Waals surface area contributed by atoms with Crippen molar-refractivity contribution in [2.75, 3.05) is 25.1 Å². The van der Waals surface area contributed by atoms with Crippen molar-refractivity contribution >= 4 is 17.5 Å². The second-order valence-electron chi connectivity index (χ2n) is 4.52. The van der Waals surface area contributed by atoms with E-state index in [4.69, 9.17) is 4.74 Å². The Labute approximate surface area is 116 Å². The topological polar surface area (TPSA) is 67.4 Å². The molecule has 0 spiro atoms. The summed E-state index contributed by atoms with van der Waals surface area (Å²) in [6.07, 6.45) is 0.0686. The van der Waals surface area contributed by atoms with Crippen molar-refractivity contribution in [1.82, 2.24) is 5.32 Å². The highest BCUT2D eigenvalue weighted by Gasteiger charge is 2.30. The van der Waals surface area contributed by atoms with E-state index in [0.717, 1.165) is 0 Å². The molecule has 108 valence electrons. The van der Waals surface area contributed by atoms with Gasteiger partial charge in [-0.2, -0.15) is 0 Å². The third-order valence-corrected chi connectivity index (χ3v) is 3.12. The molecule has 0 aromatic heterocycles. The number of amides is 2. The van der Waals surface area contributed by atoms with Crippen molar-refractivity contribution < 1.29 is 18.7 Å². The molecule has 0 saturated carbocycles. The largest absolute Gasteiger partial charge is 0.380 e. The van der Waals surface area contributed by atoms with E-state index in [0.29, 0.717) is 31.0 Å². The lowest BCUT2D eigenvalue weighted by Crippen LogP contribution is -2.36. The predicted molar refractivity (Wildman–Crippen MR) is 71.9 cm³/mol. The number of hydrogen-bond donors (Lipinski definition) is 2. The fraction of sp³-hybridized carbons (Fsp3) is 0.429. The molecule has 6 heteroatoms. The Kier molecular flexibility index (Phi) is 4.68. The third kappa shape index (κ3) is 3.33. The van der Waals surface area contributed by atoms with Gasteiger partial charge in [0.1, 0.15) is 5.82 Å². The summed E-state index contributed by atoms with van der Waals surface area (Å²) in [6.45, 7) is 3.28. The van der Waals surface area contributed by atoms with Crippen LogP contribution in [0, 0.1) is 5.82 Å². The van der Waals surface area contributed by atoms with E-state index in [1.807, 2.05) is 6.92 Å². The van der Waals surface area contributed by atoms with Gasteiger partial charge in [-0.05, 0) is 24.6 Å². The Bertz CT molecular complexity index is 519. The van der Waals surface area contributed by atoms with Gasteiger partial charge < -0.3 is 15.4 Å². The molecule has 20 heavy (non-hydrogen) atoms. The molecule has 1 unspecified atom stereocenters. The number of halogens is 1. The number of rotatable bonds is 5. The van der Waals surface area contributed by atoms with Crippen molar-refractivity contribution in [3.8, 4) is 0 Å². The Hall–Kier alpha value is -1.95. The van der Waals surface area contributed by atoms with Crippen LogP contribution in [0.3, 0.4) is 0 Å². The average molecular weight is 280 g/mol. The molecule has 1 heterocycles. The van der Waals surface area contributed by atoms with Crippen LogP contribution in [0.1, 0.15) is 24.8 Å². The van der Waals surface area contributed by atoms with Gasteiger partial charge in [-0.3, -0.25) is 9.59 Å². The molecular formula is C14H17FN2O3. The zero-order valence-corrected chi connectivity index (χ0v) is 11.2. The van der Waals surface area contributed by atoms with E-state index < -0.39 is 11.7 Å². The first-order valence-corrected chi connectivity index (χ1v) is 6.56. The van der Waals surface area contributed by atoms with Gasteiger partial charge in [0.15, 0.2) is 0 Å². The molecule has 0 radical (unpaired) electrons. The summed E-state index contributed by atoms with van der Waals surface area (Å²) in [4.78, 5) is 23.7. The normalized spacial score (nSPS) is 17.3. The highest BCUT2D eigenvalue weighted by molar-refractivity contribution is 6.01. The monoisotopic (exact) mass is 280 g/mol. The predicted octanol–water partition coefficient (Wildman–Crippen LogP) is 1.40. The zero-order valence-electron chi connectivity index (χ0n) is 11.2. The fourth-order valence-electron chi connectivity index (χ4n) is 2.19. The van der Waals surface area contributed by atoms with Gasteiger partial charge in [-0.1, -0.05) is 6.07 Å². The first kappa shape index (κ1) is 14.5. The number of carbonyl (C=O) groups is 2. The first-order chi connectivity index (χ1) is 9.61. The number of hydrogen-bond acceptors (Lipinski definition) is 3. The van der Waals surface area contributed by atoms with Gasteiger partial charge in [-0.15, -0.1) is 0 Å². The van der Waals surface area contributed by atoms with Crippen molar-refractivity contribution in [1.29, 1.82) is 0 Å². The van der Waals surface area contributed by atoms with E-state index >= 15 is 0 Å². The van der Waals surface area contributed by atoms with Gasteiger partial charge in [0, 0.05) is 25.3 Å². The van der Waals surface area contributed by atoms with Crippen LogP contribution < -0.4 is 10.6 Å². The lowest BCUT2D eigenvalue weighted by molar-refractivity contribution is -0.126. The number of benzene rings is 1. The van der Waals surface area contributed by atoms with E-state index in [2.05, 4.69) is 10.6 Å². The SMILES string of the molecule is CCOCCNC(=O)C1CC(=O)Nc2cc(F)ccc21.